The molecule has 0 unspecified atom stereocenters. The highest BCUT2D eigenvalue weighted by Crippen LogP contribution is 2.32. The van der Waals surface area contributed by atoms with Gasteiger partial charge in [-0.2, -0.15) is 0 Å². The Morgan fingerprint density at radius 1 is 1.27 bits per heavy atom. The van der Waals surface area contributed by atoms with Crippen molar-refractivity contribution in [3.05, 3.63) is 23.8 Å². The number of hydrogen-bond donors (Lipinski definition) is 2. The zero-order chi connectivity index (χ0) is 16.0. The zero-order valence-electron chi connectivity index (χ0n) is 12.8. The van der Waals surface area contributed by atoms with Gasteiger partial charge in [0.2, 0.25) is 6.79 Å². The summed E-state index contributed by atoms with van der Waals surface area (Å²) < 4.78 is 33.4. The molecule has 0 spiro atoms. The molecule has 7 nitrogen and oxygen atoms in total. The third-order valence-corrected chi connectivity index (χ3v) is 4.97. The van der Waals surface area contributed by atoms with E-state index in [0.29, 0.717) is 19.0 Å². The lowest BCUT2D eigenvalue weighted by Gasteiger charge is -2.12. The van der Waals surface area contributed by atoms with Crippen LogP contribution in [0.4, 0.5) is 0 Å². The molecule has 1 aromatic carbocycles. The molecule has 1 heterocycles. The maximum Gasteiger partial charge on any atom is 0.231 e. The van der Waals surface area contributed by atoms with E-state index in [0.717, 1.165) is 17.1 Å². The lowest BCUT2D eigenvalue weighted by atomic mass is 10.2. The summed E-state index contributed by atoms with van der Waals surface area (Å²) in [4.78, 5) is 4.06. The molecule has 2 N–H and O–H groups in total. The molecule has 0 saturated carbocycles. The third-order valence-electron chi connectivity index (χ3n) is 3.27. The Bertz CT molecular complexity index is 643. The Morgan fingerprint density at radius 3 is 2.77 bits per heavy atom. The van der Waals surface area contributed by atoms with Crippen LogP contribution in [0.1, 0.15) is 12.5 Å². The van der Waals surface area contributed by atoms with Gasteiger partial charge in [0, 0.05) is 25.9 Å². The first-order chi connectivity index (χ1) is 10.5. The number of nitrogens with zero attached hydrogens (tertiary/aromatic N) is 1. The fraction of sp³-hybridized carbons (Fsp3) is 0.500. The van der Waals surface area contributed by atoms with Crippen LogP contribution in [0.5, 0.6) is 11.5 Å². The van der Waals surface area contributed by atoms with Crippen molar-refractivity contribution in [2.24, 2.45) is 4.99 Å². The summed E-state index contributed by atoms with van der Waals surface area (Å²) in [6, 6.07) is 5.71. The predicted octanol–water partition coefficient (Wildman–Crippen LogP) is 0.515. The second-order valence-corrected chi connectivity index (χ2v) is 7.25. The molecule has 0 amide bonds. The standard InChI is InChI=1S/C14H21N3O4S/c1-3-22(18,19)7-6-16-14(15-2)17-9-11-4-5-12-13(8-11)21-10-20-12/h4-5,8H,3,6-7,9-10H2,1-2H3,(H2,15,16,17). The van der Waals surface area contributed by atoms with Crippen molar-refractivity contribution >= 4 is 15.8 Å². The zero-order valence-corrected chi connectivity index (χ0v) is 13.6. The van der Waals surface area contributed by atoms with Crippen LogP contribution in [-0.4, -0.2) is 46.3 Å². The largest absolute Gasteiger partial charge is 0.454 e. The highest BCUT2D eigenvalue weighted by atomic mass is 32.2. The highest BCUT2D eigenvalue weighted by molar-refractivity contribution is 7.91. The second-order valence-electron chi connectivity index (χ2n) is 4.78. The van der Waals surface area contributed by atoms with Crippen molar-refractivity contribution in [2.75, 3.05) is 31.9 Å². The molecule has 1 aliphatic rings. The molecule has 2 rings (SSSR count). The van der Waals surface area contributed by atoms with Gasteiger partial charge in [0.25, 0.3) is 0 Å². The first-order valence-electron chi connectivity index (χ1n) is 7.07. The van der Waals surface area contributed by atoms with E-state index in [4.69, 9.17) is 9.47 Å². The van der Waals surface area contributed by atoms with Crippen LogP contribution in [0.3, 0.4) is 0 Å². The molecule has 22 heavy (non-hydrogen) atoms. The fourth-order valence-electron chi connectivity index (χ4n) is 1.93. The van der Waals surface area contributed by atoms with Gasteiger partial charge >= 0.3 is 0 Å². The van der Waals surface area contributed by atoms with Crippen LogP contribution in [0.15, 0.2) is 23.2 Å². The summed E-state index contributed by atoms with van der Waals surface area (Å²) in [6.07, 6.45) is 0. The fourth-order valence-corrected chi connectivity index (χ4v) is 2.63. The molecule has 0 aromatic heterocycles. The average Bonchev–Trinajstić information content (AvgIpc) is 2.98. The van der Waals surface area contributed by atoms with E-state index >= 15 is 0 Å². The van der Waals surface area contributed by atoms with Crippen LogP contribution in [0, 0.1) is 0 Å². The minimum atomic E-state index is -2.97. The molecule has 0 radical (unpaired) electrons. The van der Waals surface area contributed by atoms with Crippen LogP contribution >= 0.6 is 0 Å². The van der Waals surface area contributed by atoms with Crippen molar-refractivity contribution < 1.29 is 17.9 Å². The van der Waals surface area contributed by atoms with Crippen molar-refractivity contribution in [1.29, 1.82) is 0 Å². The Morgan fingerprint density at radius 2 is 2.05 bits per heavy atom. The molecule has 1 aromatic rings. The van der Waals surface area contributed by atoms with Gasteiger partial charge in [-0.05, 0) is 17.7 Å². The van der Waals surface area contributed by atoms with E-state index in [1.165, 1.54) is 0 Å². The number of ether oxygens (including phenoxy) is 2. The van der Waals surface area contributed by atoms with Gasteiger partial charge in [0.05, 0.1) is 5.75 Å². The highest BCUT2D eigenvalue weighted by Gasteiger charge is 2.13. The quantitative estimate of drug-likeness (QED) is 0.585. The van der Waals surface area contributed by atoms with Crippen molar-refractivity contribution in [3.8, 4) is 11.5 Å². The average molecular weight is 327 g/mol. The number of fused-ring (bicyclic) bond motifs is 1. The number of sulfone groups is 1. The van der Waals surface area contributed by atoms with Gasteiger partial charge in [-0.3, -0.25) is 4.99 Å². The Hall–Kier alpha value is -1.96. The molecule has 122 valence electrons. The second kappa shape index (κ2) is 7.35. The first-order valence-corrected chi connectivity index (χ1v) is 8.89. The van der Waals surface area contributed by atoms with Crippen LogP contribution in [0.2, 0.25) is 0 Å². The normalized spacial score (nSPS) is 14.0. The van der Waals surface area contributed by atoms with Crippen molar-refractivity contribution in [3.63, 3.8) is 0 Å². The number of aliphatic imine (C=N–C) groups is 1. The molecule has 1 aliphatic heterocycles. The maximum absolute atomic E-state index is 11.4. The SMILES string of the molecule is CCS(=O)(=O)CCNC(=NC)NCc1ccc2c(c1)OCO2. The van der Waals surface area contributed by atoms with Gasteiger partial charge < -0.3 is 20.1 Å². The number of rotatable bonds is 6. The number of benzene rings is 1. The molecule has 8 heteroatoms. The first kappa shape index (κ1) is 16.4. The molecule has 0 saturated heterocycles. The van der Waals surface area contributed by atoms with Crippen molar-refractivity contribution in [2.45, 2.75) is 13.5 Å². The van der Waals surface area contributed by atoms with E-state index in [9.17, 15) is 8.42 Å². The molecular formula is C14H21N3O4S. The van der Waals surface area contributed by atoms with E-state index in [-0.39, 0.29) is 18.3 Å². The smallest absolute Gasteiger partial charge is 0.231 e. The van der Waals surface area contributed by atoms with E-state index in [2.05, 4.69) is 15.6 Å². The number of nitrogens with one attached hydrogen (secondary N) is 2. The third kappa shape index (κ3) is 4.52. The van der Waals surface area contributed by atoms with Gasteiger partial charge in [-0.1, -0.05) is 13.0 Å². The van der Waals surface area contributed by atoms with Gasteiger partial charge in [-0.25, -0.2) is 8.42 Å². The van der Waals surface area contributed by atoms with Gasteiger partial charge in [0.1, 0.15) is 0 Å². The van der Waals surface area contributed by atoms with Gasteiger partial charge in [-0.15, -0.1) is 0 Å². The van der Waals surface area contributed by atoms with Crippen LogP contribution < -0.4 is 20.1 Å². The minimum Gasteiger partial charge on any atom is -0.454 e. The summed E-state index contributed by atoms with van der Waals surface area (Å²) in [6.45, 7) is 2.78. The Balaban J connectivity index is 1.81. The van der Waals surface area contributed by atoms with Crippen LogP contribution in [0.25, 0.3) is 0 Å². The number of hydrogen-bond acceptors (Lipinski definition) is 5. The summed E-state index contributed by atoms with van der Waals surface area (Å²) in [5, 5.41) is 6.12. The van der Waals surface area contributed by atoms with E-state index in [1.807, 2.05) is 18.2 Å². The Labute approximate surface area is 130 Å². The number of guanidine groups is 1. The molecule has 0 atom stereocenters. The van der Waals surface area contributed by atoms with Crippen molar-refractivity contribution in [1.82, 2.24) is 10.6 Å². The van der Waals surface area contributed by atoms with Crippen LogP contribution in [-0.2, 0) is 16.4 Å². The van der Waals surface area contributed by atoms with E-state index < -0.39 is 9.84 Å². The summed E-state index contributed by atoms with van der Waals surface area (Å²) in [7, 11) is -1.33. The molecule has 0 fully saturated rings. The monoisotopic (exact) mass is 327 g/mol. The summed E-state index contributed by atoms with van der Waals surface area (Å²) >= 11 is 0. The molecule has 0 aliphatic carbocycles. The summed E-state index contributed by atoms with van der Waals surface area (Å²) in [5.41, 5.74) is 1.02. The molecular weight excluding hydrogens is 306 g/mol. The maximum atomic E-state index is 11.4. The molecule has 0 bridgehead atoms. The van der Waals surface area contributed by atoms with Gasteiger partial charge in [0.15, 0.2) is 27.3 Å². The predicted molar refractivity (Wildman–Crippen MR) is 85.1 cm³/mol. The Kier molecular flexibility index (Phi) is 5.48. The summed E-state index contributed by atoms with van der Waals surface area (Å²) in [5.74, 6) is 2.28. The lowest BCUT2D eigenvalue weighted by Crippen LogP contribution is -2.39. The lowest BCUT2D eigenvalue weighted by molar-refractivity contribution is 0.174. The topological polar surface area (TPSA) is 89.0 Å². The van der Waals surface area contributed by atoms with E-state index in [1.54, 1.807) is 14.0 Å². The minimum absolute atomic E-state index is 0.0915.